The third kappa shape index (κ3) is 3.95. The Morgan fingerprint density at radius 2 is 1.89 bits per heavy atom. The van der Waals surface area contributed by atoms with Gasteiger partial charge in [-0.1, -0.05) is 30.3 Å². The van der Waals surface area contributed by atoms with Crippen molar-refractivity contribution in [2.24, 2.45) is 0 Å². The zero-order chi connectivity index (χ0) is 13.5. The van der Waals surface area contributed by atoms with Gasteiger partial charge in [-0.25, -0.2) is 4.68 Å². The van der Waals surface area contributed by atoms with Crippen LogP contribution >= 0.6 is 0 Å². The van der Waals surface area contributed by atoms with Gasteiger partial charge in [0.25, 0.3) is 5.56 Å². The number of hydrogen-bond donors (Lipinski definition) is 0. The first-order chi connectivity index (χ1) is 9.29. The van der Waals surface area contributed by atoms with Gasteiger partial charge in [0, 0.05) is 18.7 Å². The summed E-state index contributed by atoms with van der Waals surface area (Å²) in [4.78, 5) is 11.6. The number of aromatic nitrogens is 2. The zero-order valence-electron chi connectivity index (χ0n) is 11.1. The smallest absolute Gasteiger partial charge is 0.266 e. The van der Waals surface area contributed by atoms with Gasteiger partial charge >= 0.3 is 0 Å². The largest absolute Gasteiger partial charge is 0.480 e. The van der Waals surface area contributed by atoms with E-state index in [-0.39, 0.29) is 5.56 Å². The van der Waals surface area contributed by atoms with Crippen molar-refractivity contribution in [2.75, 3.05) is 7.11 Å². The molecule has 1 aromatic heterocycles. The predicted molar refractivity (Wildman–Crippen MR) is 74.4 cm³/mol. The van der Waals surface area contributed by atoms with Gasteiger partial charge in [0.2, 0.25) is 5.88 Å². The van der Waals surface area contributed by atoms with Crippen molar-refractivity contribution in [2.45, 2.75) is 25.8 Å². The number of methoxy groups -OCH3 is 1. The van der Waals surface area contributed by atoms with E-state index in [0.717, 1.165) is 19.3 Å². The molecule has 0 amide bonds. The van der Waals surface area contributed by atoms with E-state index in [1.165, 1.54) is 16.3 Å². The van der Waals surface area contributed by atoms with Crippen molar-refractivity contribution in [3.8, 4) is 5.88 Å². The lowest BCUT2D eigenvalue weighted by atomic mass is 10.1. The third-order valence-corrected chi connectivity index (χ3v) is 2.98. The fraction of sp³-hybridized carbons (Fsp3) is 0.333. The van der Waals surface area contributed by atoms with Crippen LogP contribution in [0.1, 0.15) is 18.4 Å². The minimum Gasteiger partial charge on any atom is -0.480 e. The highest BCUT2D eigenvalue weighted by atomic mass is 16.5. The van der Waals surface area contributed by atoms with E-state index in [0.29, 0.717) is 12.4 Å². The van der Waals surface area contributed by atoms with Crippen LogP contribution in [0, 0.1) is 0 Å². The highest BCUT2D eigenvalue weighted by Crippen LogP contribution is 2.05. The molecule has 0 atom stereocenters. The summed E-state index contributed by atoms with van der Waals surface area (Å²) in [5, 5.41) is 4.12. The summed E-state index contributed by atoms with van der Waals surface area (Å²) < 4.78 is 6.48. The molecule has 0 bridgehead atoms. The Balaban J connectivity index is 1.84. The van der Waals surface area contributed by atoms with Crippen molar-refractivity contribution >= 4 is 0 Å². The molecule has 0 aliphatic carbocycles. The number of nitrogens with zero attached hydrogens (tertiary/aromatic N) is 2. The molecule has 0 aliphatic heterocycles. The molecule has 0 radical (unpaired) electrons. The van der Waals surface area contributed by atoms with Crippen molar-refractivity contribution < 1.29 is 4.74 Å². The number of ether oxygens (including phenoxy) is 1. The lowest BCUT2D eigenvalue weighted by Gasteiger charge is -2.06. The van der Waals surface area contributed by atoms with E-state index in [9.17, 15) is 4.79 Å². The molecule has 0 spiro atoms. The van der Waals surface area contributed by atoms with Gasteiger partial charge in [-0.05, 0) is 24.8 Å². The Labute approximate surface area is 112 Å². The SMILES string of the molecule is COc1ccc(=O)n(CCCCc2ccccc2)n1. The summed E-state index contributed by atoms with van der Waals surface area (Å²) in [6.07, 6.45) is 2.99. The molecule has 0 unspecified atom stereocenters. The average molecular weight is 258 g/mol. The van der Waals surface area contributed by atoms with Gasteiger partial charge in [0.05, 0.1) is 7.11 Å². The Morgan fingerprint density at radius 3 is 2.63 bits per heavy atom. The van der Waals surface area contributed by atoms with Crippen LogP contribution in [0.15, 0.2) is 47.3 Å². The predicted octanol–water partition coefficient (Wildman–Crippen LogP) is 2.27. The molecule has 0 fully saturated rings. The molecule has 19 heavy (non-hydrogen) atoms. The fourth-order valence-corrected chi connectivity index (χ4v) is 1.93. The minimum absolute atomic E-state index is 0.0829. The highest BCUT2D eigenvalue weighted by molar-refractivity contribution is 5.14. The van der Waals surface area contributed by atoms with Gasteiger partial charge in [-0.2, -0.15) is 0 Å². The molecule has 100 valence electrons. The van der Waals surface area contributed by atoms with Crippen molar-refractivity contribution in [3.05, 3.63) is 58.4 Å². The van der Waals surface area contributed by atoms with Gasteiger partial charge in [-0.15, -0.1) is 5.10 Å². The van der Waals surface area contributed by atoms with Gasteiger partial charge in [-0.3, -0.25) is 4.79 Å². The average Bonchev–Trinajstić information content (AvgIpc) is 2.46. The minimum atomic E-state index is -0.0829. The molecule has 1 heterocycles. The highest BCUT2D eigenvalue weighted by Gasteiger charge is 2.00. The summed E-state index contributed by atoms with van der Waals surface area (Å²) in [7, 11) is 1.55. The summed E-state index contributed by atoms with van der Waals surface area (Å²) in [6, 6.07) is 13.4. The number of rotatable bonds is 6. The maximum atomic E-state index is 11.6. The Bertz CT molecular complexity index is 564. The maximum Gasteiger partial charge on any atom is 0.266 e. The second kappa shape index (κ2) is 6.73. The summed E-state index contributed by atoms with van der Waals surface area (Å²) in [5.74, 6) is 0.475. The normalized spacial score (nSPS) is 10.4. The van der Waals surface area contributed by atoms with Gasteiger partial charge in [0.15, 0.2) is 0 Å². The van der Waals surface area contributed by atoms with Crippen LogP contribution in [0.2, 0.25) is 0 Å². The standard InChI is InChI=1S/C15H18N2O2/c1-19-14-10-11-15(18)17(16-14)12-6-5-9-13-7-3-2-4-8-13/h2-4,7-8,10-11H,5-6,9,12H2,1H3. The topological polar surface area (TPSA) is 44.1 Å². The summed E-state index contributed by atoms with van der Waals surface area (Å²) >= 11 is 0. The molecular weight excluding hydrogens is 240 g/mol. The van der Waals surface area contributed by atoms with Crippen LogP contribution in [0.4, 0.5) is 0 Å². The molecule has 0 saturated heterocycles. The van der Waals surface area contributed by atoms with E-state index in [1.54, 1.807) is 13.2 Å². The monoisotopic (exact) mass is 258 g/mol. The number of benzene rings is 1. The van der Waals surface area contributed by atoms with Crippen LogP contribution in [-0.4, -0.2) is 16.9 Å². The third-order valence-electron chi connectivity index (χ3n) is 2.98. The van der Waals surface area contributed by atoms with Crippen molar-refractivity contribution in [3.63, 3.8) is 0 Å². The first-order valence-electron chi connectivity index (χ1n) is 6.45. The van der Waals surface area contributed by atoms with E-state index in [1.807, 2.05) is 18.2 Å². The van der Waals surface area contributed by atoms with Crippen LogP contribution < -0.4 is 10.3 Å². The van der Waals surface area contributed by atoms with Crippen molar-refractivity contribution in [1.29, 1.82) is 0 Å². The van der Waals surface area contributed by atoms with E-state index in [4.69, 9.17) is 4.74 Å². The molecule has 0 saturated carbocycles. The number of aryl methyl sites for hydroxylation is 2. The van der Waals surface area contributed by atoms with Gasteiger partial charge < -0.3 is 4.74 Å². The second-order valence-electron chi connectivity index (χ2n) is 4.38. The Kier molecular flexibility index (Phi) is 4.72. The molecule has 4 heteroatoms. The van der Waals surface area contributed by atoms with E-state index < -0.39 is 0 Å². The molecule has 1 aromatic carbocycles. The van der Waals surface area contributed by atoms with Crippen LogP contribution in [-0.2, 0) is 13.0 Å². The molecule has 2 aromatic rings. The molecule has 0 N–H and O–H groups in total. The quantitative estimate of drug-likeness (QED) is 0.747. The molecule has 2 rings (SSSR count). The lowest BCUT2D eigenvalue weighted by Crippen LogP contribution is -2.22. The molecule has 4 nitrogen and oxygen atoms in total. The fourth-order valence-electron chi connectivity index (χ4n) is 1.93. The zero-order valence-corrected chi connectivity index (χ0v) is 11.1. The first kappa shape index (κ1) is 13.3. The summed E-state index contributed by atoms with van der Waals surface area (Å²) in [5.41, 5.74) is 1.24. The molecular formula is C15H18N2O2. The Morgan fingerprint density at radius 1 is 1.11 bits per heavy atom. The van der Waals surface area contributed by atoms with Gasteiger partial charge in [0.1, 0.15) is 0 Å². The lowest BCUT2D eigenvalue weighted by molar-refractivity contribution is 0.373. The summed E-state index contributed by atoms with van der Waals surface area (Å²) in [6.45, 7) is 0.628. The van der Waals surface area contributed by atoms with E-state index in [2.05, 4.69) is 17.2 Å². The van der Waals surface area contributed by atoms with Crippen LogP contribution in [0.25, 0.3) is 0 Å². The van der Waals surface area contributed by atoms with E-state index >= 15 is 0 Å². The maximum absolute atomic E-state index is 11.6. The number of unbranched alkanes of at least 4 members (excludes halogenated alkanes) is 1. The van der Waals surface area contributed by atoms with Crippen LogP contribution in [0.5, 0.6) is 5.88 Å². The molecule has 0 aliphatic rings. The number of hydrogen-bond acceptors (Lipinski definition) is 3. The second-order valence-corrected chi connectivity index (χ2v) is 4.38. The van der Waals surface area contributed by atoms with Crippen molar-refractivity contribution in [1.82, 2.24) is 9.78 Å². The first-order valence-corrected chi connectivity index (χ1v) is 6.45. The van der Waals surface area contributed by atoms with Crippen LogP contribution in [0.3, 0.4) is 0 Å². The Hall–Kier alpha value is -2.10.